The van der Waals surface area contributed by atoms with Crippen LogP contribution in [-0.2, 0) is 11.2 Å². The number of carboxylic acid groups (broad SMARTS) is 1. The van der Waals surface area contributed by atoms with Gasteiger partial charge in [-0.05, 0) is 17.7 Å². The molecule has 0 saturated carbocycles. The van der Waals surface area contributed by atoms with E-state index in [0.29, 0.717) is 12.0 Å². The van der Waals surface area contributed by atoms with Crippen molar-refractivity contribution in [3.8, 4) is 0 Å². The monoisotopic (exact) mass is 161 g/mol. The van der Waals surface area contributed by atoms with Crippen LogP contribution in [0.4, 0.5) is 0 Å². The predicted octanol–water partition coefficient (Wildman–Crippen LogP) is 1.11. The van der Waals surface area contributed by atoms with E-state index in [-0.39, 0.29) is 0 Å². The molecule has 1 aliphatic rings. The molecular weight excluding hydrogens is 154 g/mol. The van der Waals surface area contributed by atoms with E-state index in [1.807, 2.05) is 12.1 Å². The minimum absolute atomic E-state index is 0.420. The Labute approximate surface area is 69.4 Å². The smallest absolute Gasteiger partial charge is 0.331 e. The minimum atomic E-state index is -0.854. The minimum Gasteiger partial charge on any atom is -0.478 e. The molecule has 2 rings (SSSR count). The molecule has 0 spiro atoms. The van der Waals surface area contributed by atoms with Gasteiger partial charge in [-0.1, -0.05) is 6.07 Å². The fraction of sp³-hybridized carbons (Fsp3) is 0.111. The standard InChI is InChI=1S/C9H7NO2/c11-9(12)7-4-6-2-1-3-10-8(6)5-7/h1-3,5H,4H2,(H,11,12). The fourth-order valence-electron chi connectivity index (χ4n) is 1.29. The van der Waals surface area contributed by atoms with Gasteiger partial charge in [-0.25, -0.2) is 4.79 Å². The van der Waals surface area contributed by atoms with E-state index in [1.165, 1.54) is 0 Å². The molecule has 1 heterocycles. The summed E-state index contributed by atoms with van der Waals surface area (Å²) in [4.78, 5) is 14.6. The van der Waals surface area contributed by atoms with Crippen LogP contribution in [0.2, 0.25) is 0 Å². The van der Waals surface area contributed by atoms with E-state index in [0.717, 1.165) is 11.3 Å². The summed E-state index contributed by atoms with van der Waals surface area (Å²) in [6.45, 7) is 0. The lowest BCUT2D eigenvalue weighted by Gasteiger charge is -1.93. The Morgan fingerprint density at radius 3 is 3.08 bits per heavy atom. The molecule has 12 heavy (non-hydrogen) atoms. The van der Waals surface area contributed by atoms with Crippen LogP contribution in [0.1, 0.15) is 11.3 Å². The second-order valence-electron chi connectivity index (χ2n) is 2.70. The van der Waals surface area contributed by atoms with Gasteiger partial charge in [-0.15, -0.1) is 0 Å². The first-order valence-corrected chi connectivity index (χ1v) is 3.65. The highest BCUT2D eigenvalue weighted by atomic mass is 16.4. The maximum Gasteiger partial charge on any atom is 0.331 e. The summed E-state index contributed by atoms with van der Waals surface area (Å²) in [6.07, 6.45) is 3.79. The van der Waals surface area contributed by atoms with Crippen LogP contribution in [0, 0.1) is 0 Å². The van der Waals surface area contributed by atoms with Gasteiger partial charge in [0.2, 0.25) is 0 Å². The molecule has 0 aliphatic heterocycles. The van der Waals surface area contributed by atoms with E-state index in [1.54, 1.807) is 12.3 Å². The quantitative estimate of drug-likeness (QED) is 0.671. The largest absolute Gasteiger partial charge is 0.478 e. The molecule has 0 bridgehead atoms. The van der Waals surface area contributed by atoms with Gasteiger partial charge in [0.05, 0.1) is 5.69 Å². The lowest BCUT2D eigenvalue weighted by atomic mass is 10.2. The third kappa shape index (κ3) is 0.993. The first-order chi connectivity index (χ1) is 5.77. The Morgan fingerprint density at radius 2 is 2.42 bits per heavy atom. The Hall–Kier alpha value is -1.64. The van der Waals surface area contributed by atoms with Gasteiger partial charge in [0.15, 0.2) is 0 Å². The van der Waals surface area contributed by atoms with Crippen molar-refractivity contribution in [2.75, 3.05) is 0 Å². The molecule has 60 valence electrons. The van der Waals surface area contributed by atoms with Gasteiger partial charge in [0.1, 0.15) is 0 Å². The summed E-state index contributed by atoms with van der Waals surface area (Å²) in [5.41, 5.74) is 2.20. The lowest BCUT2D eigenvalue weighted by Crippen LogP contribution is -1.99. The van der Waals surface area contributed by atoms with Crippen molar-refractivity contribution in [3.63, 3.8) is 0 Å². The van der Waals surface area contributed by atoms with Crippen LogP contribution in [-0.4, -0.2) is 16.1 Å². The molecule has 1 aliphatic carbocycles. The zero-order valence-corrected chi connectivity index (χ0v) is 6.32. The molecule has 0 unspecified atom stereocenters. The number of pyridine rings is 1. The molecule has 1 aromatic rings. The van der Waals surface area contributed by atoms with Crippen LogP contribution in [0.15, 0.2) is 23.9 Å². The summed E-state index contributed by atoms with van der Waals surface area (Å²) in [5.74, 6) is -0.854. The molecule has 3 nitrogen and oxygen atoms in total. The third-order valence-corrected chi connectivity index (χ3v) is 1.89. The average molecular weight is 161 g/mol. The van der Waals surface area contributed by atoms with Gasteiger partial charge >= 0.3 is 5.97 Å². The summed E-state index contributed by atoms with van der Waals surface area (Å²) in [6, 6.07) is 3.71. The van der Waals surface area contributed by atoms with E-state index < -0.39 is 5.97 Å². The Morgan fingerprint density at radius 1 is 1.58 bits per heavy atom. The Bertz CT molecular complexity index is 369. The van der Waals surface area contributed by atoms with Crippen molar-refractivity contribution < 1.29 is 9.90 Å². The molecule has 0 radical (unpaired) electrons. The van der Waals surface area contributed by atoms with Gasteiger partial charge in [-0.3, -0.25) is 4.98 Å². The summed E-state index contributed by atoms with van der Waals surface area (Å²) in [7, 11) is 0. The normalized spacial score (nSPS) is 13.8. The van der Waals surface area contributed by atoms with Crippen molar-refractivity contribution in [1.29, 1.82) is 0 Å². The number of carboxylic acids is 1. The van der Waals surface area contributed by atoms with Crippen molar-refractivity contribution in [3.05, 3.63) is 35.2 Å². The molecule has 0 fully saturated rings. The number of aromatic nitrogens is 1. The summed E-state index contributed by atoms with van der Waals surface area (Å²) in [5, 5.41) is 8.69. The number of hydrogen-bond donors (Lipinski definition) is 1. The van der Waals surface area contributed by atoms with Crippen LogP contribution in [0.3, 0.4) is 0 Å². The third-order valence-electron chi connectivity index (χ3n) is 1.89. The number of fused-ring (bicyclic) bond motifs is 1. The molecule has 0 atom stereocenters. The second-order valence-corrected chi connectivity index (χ2v) is 2.70. The van der Waals surface area contributed by atoms with Crippen molar-refractivity contribution >= 4 is 12.0 Å². The number of carbonyl (C=O) groups is 1. The second kappa shape index (κ2) is 2.44. The van der Waals surface area contributed by atoms with Crippen molar-refractivity contribution in [2.45, 2.75) is 6.42 Å². The maximum absolute atomic E-state index is 10.6. The Kier molecular flexibility index (Phi) is 1.43. The topological polar surface area (TPSA) is 50.2 Å². The highest BCUT2D eigenvalue weighted by molar-refractivity contribution is 5.94. The zero-order valence-electron chi connectivity index (χ0n) is 6.32. The highest BCUT2D eigenvalue weighted by Crippen LogP contribution is 2.22. The van der Waals surface area contributed by atoms with Crippen molar-refractivity contribution in [1.82, 2.24) is 4.98 Å². The number of hydrogen-bond acceptors (Lipinski definition) is 2. The molecule has 0 aromatic carbocycles. The Balaban J connectivity index is 2.41. The van der Waals surface area contributed by atoms with E-state index >= 15 is 0 Å². The molecule has 3 heteroatoms. The van der Waals surface area contributed by atoms with Gasteiger partial charge in [0.25, 0.3) is 0 Å². The molecular formula is C9H7NO2. The summed E-state index contributed by atoms with van der Waals surface area (Å²) >= 11 is 0. The van der Waals surface area contributed by atoms with Crippen LogP contribution >= 0.6 is 0 Å². The van der Waals surface area contributed by atoms with Gasteiger partial charge in [0, 0.05) is 18.2 Å². The van der Waals surface area contributed by atoms with Gasteiger partial charge < -0.3 is 5.11 Å². The number of rotatable bonds is 1. The highest BCUT2D eigenvalue weighted by Gasteiger charge is 2.17. The van der Waals surface area contributed by atoms with E-state index in [9.17, 15) is 4.79 Å². The number of nitrogens with zero attached hydrogens (tertiary/aromatic N) is 1. The molecule has 0 saturated heterocycles. The van der Waals surface area contributed by atoms with Crippen LogP contribution < -0.4 is 0 Å². The first kappa shape index (κ1) is 7.03. The maximum atomic E-state index is 10.6. The molecule has 1 aromatic heterocycles. The van der Waals surface area contributed by atoms with Crippen LogP contribution in [0.25, 0.3) is 6.08 Å². The zero-order chi connectivity index (χ0) is 8.55. The number of aliphatic carboxylic acids is 1. The van der Waals surface area contributed by atoms with Crippen molar-refractivity contribution in [2.24, 2.45) is 0 Å². The molecule has 1 N–H and O–H groups in total. The van der Waals surface area contributed by atoms with E-state index in [4.69, 9.17) is 5.11 Å². The van der Waals surface area contributed by atoms with Gasteiger partial charge in [-0.2, -0.15) is 0 Å². The first-order valence-electron chi connectivity index (χ1n) is 3.65. The predicted molar refractivity (Wildman–Crippen MR) is 43.6 cm³/mol. The fourth-order valence-corrected chi connectivity index (χ4v) is 1.29. The van der Waals surface area contributed by atoms with E-state index in [2.05, 4.69) is 4.98 Å². The lowest BCUT2D eigenvalue weighted by molar-refractivity contribution is -0.132. The molecule has 0 amide bonds. The van der Waals surface area contributed by atoms with Crippen LogP contribution in [0.5, 0.6) is 0 Å². The SMILES string of the molecule is O=C(O)C1=Cc2ncccc2C1. The average Bonchev–Trinajstić information content (AvgIpc) is 2.46. The summed E-state index contributed by atoms with van der Waals surface area (Å²) < 4.78 is 0.